The van der Waals surface area contributed by atoms with Crippen molar-refractivity contribution in [3.63, 3.8) is 0 Å². The smallest absolute Gasteiger partial charge is 0.244 e. The summed E-state index contributed by atoms with van der Waals surface area (Å²) in [5.41, 5.74) is 4.96. The predicted octanol–water partition coefficient (Wildman–Crippen LogP) is 4.43. The van der Waals surface area contributed by atoms with Crippen molar-refractivity contribution in [1.29, 1.82) is 0 Å². The summed E-state index contributed by atoms with van der Waals surface area (Å²) in [6.45, 7) is 6.02. The highest BCUT2D eigenvalue weighted by Crippen LogP contribution is 2.32. The Kier molecular flexibility index (Phi) is 9.11. The van der Waals surface area contributed by atoms with Crippen molar-refractivity contribution in [2.75, 3.05) is 46.4 Å². The lowest BCUT2D eigenvalue weighted by atomic mass is 9.97. The summed E-state index contributed by atoms with van der Waals surface area (Å²) in [7, 11) is 1.67. The minimum absolute atomic E-state index is 0.0107. The van der Waals surface area contributed by atoms with Gasteiger partial charge in [0.2, 0.25) is 5.91 Å². The Morgan fingerprint density at radius 3 is 2.75 bits per heavy atom. The third-order valence-corrected chi connectivity index (χ3v) is 7.90. The molecule has 2 aliphatic rings. The summed E-state index contributed by atoms with van der Waals surface area (Å²) in [6.07, 6.45) is 7.62. The molecule has 2 fully saturated rings. The number of nitrogens with one attached hydrogen (secondary N) is 2. The van der Waals surface area contributed by atoms with Crippen LogP contribution in [0.3, 0.4) is 0 Å². The topological polar surface area (TPSA) is 93.2 Å². The van der Waals surface area contributed by atoms with Crippen LogP contribution in [0.1, 0.15) is 36.9 Å². The summed E-state index contributed by atoms with van der Waals surface area (Å²) in [5.74, 6) is 1.65. The number of nitrogens with zero attached hydrogens (tertiary/aromatic N) is 3. The van der Waals surface area contributed by atoms with Gasteiger partial charge in [-0.2, -0.15) is 0 Å². The number of methoxy groups -OCH3 is 1. The van der Waals surface area contributed by atoms with E-state index in [4.69, 9.17) is 9.73 Å². The van der Waals surface area contributed by atoms with E-state index in [1.165, 1.54) is 0 Å². The average Bonchev–Trinajstić information content (AvgIpc) is 3.68. The Morgan fingerprint density at radius 2 is 1.98 bits per heavy atom. The lowest BCUT2D eigenvalue weighted by Crippen LogP contribution is -2.51. The van der Waals surface area contributed by atoms with E-state index in [-0.39, 0.29) is 24.6 Å². The third kappa shape index (κ3) is 6.04. The third-order valence-electron chi connectivity index (χ3n) is 7.90. The van der Waals surface area contributed by atoms with Gasteiger partial charge in [0.05, 0.1) is 19.8 Å². The van der Waals surface area contributed by atoms with Crippen LogP contribution in [0.4, 0.5) is 5.82 Å². The number of para-hydroxylation sites is 1. The van der Waals surface area contributed by atoms with Crippen LogP contribution in [0.25, 0.3) is 16.7 Å². The van der Waals surface area contributed by atoms with Gasteiger partial charge in [-0.1, -0.05) is 42.5 Å². The number of carbonyl (C=O) groups excluding carboxylic acids is 1. The molecule has 2 aromatic carbocycles. The van der Waals surface area contributed by atoms with Crippen molar-refractivity contribution in [2.45, 2.75) is 31.8 Å². The number of benzene rings is 2. The Labute approximate surface area is 236 Å². The van der Waals surface area contributed by atoms with Crippen LogP contribution in [-0.4, -0.2) is 84.5 Å². The number of carbonyl (C=O) groups is 1. The normalized spacial score (nSPS) is 19.3. The molecule has 3 N–H and O–H groups in total. The molecule has 2 saturated heterocycles. The van der Waals surface area contributed by atoms with E-state index in [9.17, 15) is 9.90 Å². The highest BCUT2D eigenvalue weighted by atomic mass is 16.5. The molecule has 40 heavy (non-hydrogen) atoms. The van der Waals surface area contributed by atoms with Gasteiger partial charge in [0.15, 0.2) is 0 Å². The van der Waals surface area contributed by atoms with Gasteiger partial charge < -0.3 is 25.0 Å². The molecule has 3 aromatic rings. The summed E-state index contributed by atoms with van der Waals surface area (Å²) in [4.78, 5) is 26.1. The van der Waals surface area contributed by atoms with Gasteiger partial charge in [-0.25, -0.2) is 4.99 Å². The highest BCUT2D eigenvalue weighted by Gasteiger charge is 2.37. The number of amides is 1. The van der Waals surface area contributed by atoms with E-state index < -0.39 is 0 Å². The van der Waals surface area contributed by atoms with Gasteiger partial charge >= 0.3 is 0 Å². The number of aromatic amines is 1. The second-order valence-corrected chi connectivity index (χ2v) is 10.3. The van der Waals surface area contributed by atoms with Crippen LogP contribution in [0.2, 0.25) is 0 Å². The van der Waals surface area contributed by atoms with E-state index >= 15 is 0 Å². The van der Waals surface area contributed by atoms with E-state index in [0.29, 0.717) is 6.54 Å². The van der Waals surface area contributed by atoms with Crippen molar-refractivity contribution in [3.05, 3.63) is 78.0 Å². The zero-order valence-electron chi connectivity index (χ0n) is 23.3. The number of hydrogen-bond acceptors (Lipinski definition) is 6. The molecule has 1 aromatic heterocycles. The molecule has 8 nitrogen and oxygen atoms in total. The highest BCUT2D eigenvalue weighted by molar-refractivity contribution is 6.10. The SMILES string of the molecule is C/C=C(\C=N/c1cc(-c2ccccc2OC)c[nH]1)c1cccc(C(C(=O)N2CCCC2CO)N2CCNCC2)c1. The van der Waals surface area contributed by atoms with Gasteiger partial charge in [-0.15, -0.1) is 0 Å². The first kappa shape index (κ1) is 27.8. The second kappa shape index (κ2) is 13.1. The van der Waals surface area contributed by atoms with Crippen LogP contribution in [0.5, 0.6) is 5.75 Å². The molecule has 0 aliphatic carbocycles. The fraction of sp³-hybridized carbons (Fsp3) is 0.375. The van der Waals surface area contributed by atoms with Crippen LogP contribution < -0.4 is 10.1 Å². The van der Waals surface area contributed by atoms with Crippen LogP contribution in [0.15, 0.2) is 71.9 Å². The molecule has 0 radical (unpaired) electrons. The molecule has 1 amide bonds. The Balaban J connectivity index is 1.40. The quantitative estimate of drug-likeness (QED) is 0.349. The maximum absolute atomic E-state index is 13.9. The van der Waals surface area contributed by atoms with Crippen molar-refractivity contribution in [2.24, 2.45) is 4.99 Å². The largest absolute Gasteiger partial charge is 0.496 e. The lowest BCUT2D eigenvalue weighted by Gasteiger charge is -2.37. The molecule has 8 heteroatoms. The van der Waals surface area contributed by atoms with Crippen molar-refractivity contribution in [1.82, 2.24) is 20.1 Å². The minimum atomic E-state index is -0.379. The summed E-state index contributed by atoms with van der Waals surface area (Å²) in [5, 5.41) is 13.3. The number of likely N-dealkylation sites (tertiary alicyclic amines) is 1. The first-order valence-electron chi connectivity index (χ1n) is 14.1. The van der Waals surface area contributed by atoms with Gasteiger partial charge in [0.1, 0.15) is 17.6 Å². The summed E-state index contributed by atoms with van der Waals surface area (Å²) < 4.78 is 5.51. The van der Waals surface area contributed by atoms with Crippen molar-refractivity contribution >= 4 is 23.5 Å². The maximum atomic E-state index is 13.9. The maximum Gasteiger partial charge on any atom is 0.244 e. The molecule has 0 spiro atoms. The molecule has 2 unspecified atom stereocenters. The second-order valence-electron chi connectivity index (χ2n) is 10.3. The van der Waals surface area contributed by atoms with Gasteiger partial charge in [0, 0.05) is 56.3 Å². The zero-order chi connectivity index (χ0) is 27.9. The number of allylic oxidation sites excluding steroid dienone is 2. The lowest BCUT2D eigenvalue weighted by molar-refractivity contribution is -0.139. The van der Waals surface area contributed by atoms with E-state index in [0.717, 1.165) is 78.4 Å². The summed E-state index contributed by atoms with van der Waals surface area (Å²) in [6, 6.07) is 17.7. The van der Waals surface area contributed by atoms with E-state index in [2.05, 4.69) is 27.3 Å². The molecular formula is C32H39N5O3. The monoisotopic (exact) mass is 541 g/mol. The number of H-pyrrole nitrogens is 1. The molecule has 2 aliphatic heterocycles. The number of aliphatic imine (C=N–C) groups is 1. The summed E-state index contributed by atoms with van der Waals surface area (Å²) >= 11 is 0. The van der Waals surface area contributed by atoms with Crippen LogP contribution >= 0.6 is 0 Å². The first-order chi connectivity index (χ1) is 19.6. The fourth-order valence-electron chi connectivity index (χ4n) is 5.76. The number of aliphatic hydroxyl groups is 1. The van der Waals surface area contributed by atoms with Crippen molar-refractivity contribution < 1.29 is 14.6 Å². The van der Waals surface area contributed by atoms with E-state index in [1.807, 2.05) is 72.8 Å². The number of hydrogen-bond donors (Lipinski definition) is 3. The van der Waals surface area contributed by atoms with Crippen molar-refractivity contribution in [3.8, 4) is 16.9 Å². The molecule has 2 atom stereocenters. The molecule has 0 bridgehead atoms. The number of aliphatic hydroxyl groups excluding tert-OH is 1. The number of rotatable bonds is 9. The van der Waals surface area contributed by atoms with Crippen LogP contribution in [-0.2, 0) is 4.79 Å². The molecule has 210 valence electrons. The molecular weight excluding hydrogens is 502 g/mol. The molecule has 5 rings (SSSR count). The Hall–Kier alpha value is -3.72. The number of aromatic nitrogens is 1. The minimum Gasteiger partial charge on any atom is -0.496 e. The fourth-order valence-corrected chi connectivity index (χ4v) is 5.76. The standard InChI is InChI=1S/C32H39N5O3/c1-3-23(20-34-30-19-26(21-35-30)28-11-4-5-12-29(28)40-2)24-8-6-9-25(18-24)31(36-16-13-33-14-17-36)32(39)37-15-7-10-27(37)22-38/h3-6,8-9,11-12,18-21,27,31,33,35,38H,7,10,13-17,22H2,1-2H3/b23-3+,34-20-. The molecule has 3 heterocycles. The molecule has 0 saturated carbocycles. The Morgan fingerprint density at radius 1 is 1.15 bits per heavy atom. The predicted molar refractivity (Wildman–Crippen MR) is 160 cm³/mol. The van der Waals surface area contributed by atoms with Gasteiger partial charge in [-0.05, 0) is 54.7 Å². The van der Waals surface area contributed by atoms with E-state index in [1.54, 1.807) is 7.11 Å². The van der Waals surface area contributed by atoms with Gasteiger partial charge in [0.25, 0.3) is 0 Å². The number of piperazine rings is 1. The Bertz CT molecular complexity index is 1360. The number of ether oxygens (including phenoxy) is 1. The first-order valence-corrected chi connectivity index (χ1v) is 14.1. The van der Waals surface area contributed by atoms with Crippen LogP contribution in [0, 0.1) is 0 Å². The van der Waals surface area contributed by atoms with Gasteiger partial charge in [-0.3, -0.25) is 9.69 Å². The zero-order valence-corrected chi connectivity index (χ0v) is 23.3. The average molecular weight is 542 g/mol.